The van der Waals surface area contributed by atoms with E-state index in [0.717, 1.165) is 26.1 Å². The van der Waals surface area contributed by atoms with Crippen molar-refractivity contribution in [3.05, 3.63) is 53.9 Å². The van der Waals surface area contributed by atoms with Crippen molar-refractivity contribution in [1.82, 2.24) is 10.3 Å². The van der Waals surface area contributed by atoms with Crippen molar-refractivity contribution in [3.63, 3.8) is 0 Å². The molecule has 3 rings (SSSR count). The van der Waals surface area contributed by atoms with E-state index in [4.69, 9.17) is 0 Å². The molecule has 0 atom stereocenters. The highest BCUT2D eigenvalue weighted by Crippen LogP contribution is 2.35. The van der Waals surface area contributed by atoms with Crippen molar-refractivity contribution in [2.75, 3.05) is 18.0 Å². The first kappa shape index (κ1) is 12.2. The van der Waals surface area contributed by atoms with Crippen molar-refractivity contribution < 1.29 is 0 Å². The minimum absolute atomic E-state index is 0.873. The SMILES string of the molecule is CCNCc1cnccc1N1CCc2ccccc21. The molecule has 3 heteroatoms. The second-order valence-electron chi connectivity index (χ2n) is 4.82. The van der Waals surface area contributed by atoms with Crippen LogP contribution in [0.3, 0.4) is 0 Å². The van der Waals surface area contributed by atoms with Crippen LogP contribution in [0.5, 0.6) is 0 Å². The number of rotatable bonds is 4. The lowest BCUT2D eigenvalue weighted by atomic mass is 10.1. The van der Waals surface area contributed by atoms with Crippen molar-refractivity contribution in [3.8, 4) is 0 Å². The summed E-state index contributed by atoms with van der Waals surface area (Å²) in [5.74, 6) is 0. The Morgan fingerprint density at radius 3 is 3.00 bits per heavy atom. The maximum Gasteiger partial charge on any atom is 0.0487 e. The number of benzene rings is 1. The number of anilines is 2. The largest absolute Gasteiger partial charge is 0.341 e. The molecule has 1 aliphatic rings. The summed E-state index contributed by atoms with van der Waals surface area (Å²) in [6.45, 7) is 5.03. The lowest BCUT2D eigenvalue weighted by molar-refractivity contribution is 0.723. The summed E-state index contributed by atoms with van der Waals surface area (Å²) in [5, 5.41) is 3.39. The van der Waals surface area contributed by atoms with E-state index >= 15 is 0 Å². The highest BCUT2D eigenvalue weighted by Gasteiger charge is 2.21. The van der Waals surface area contributed by atoms with E-state index in [9.17, 15) is 0 Å². The van der Waals surface area contributed by atoms with Gasteiger partial charge in [0.25, 0.3) is 0 Å². The van der Waals surface area contributed by atoms with Gasteiger partial charge in [-0.2, -0.15) is 0 Å². The topological polar surface area (TPSA) is 28.2 Å². The van der Waals surface area contributed by atoms with Gasteiger partial charge in [-0.05, 0) is 30.7 Å². The Balaban J connectivity index is 1.95. The Kier molecular flexibility index (Phi) is 3.47. The summed E-state index contributed by atoms with van der Waals surface area (Å²) >= 11 is 0. The van der Waals surface area contributed by atoms with Gasteiger partial charge >= 0.3 is 0 Å². The fourth-order valence-electron chi connectivity index (χ4n) is 2.67. The van der Waals surface area contributed by atoms with Crippen molar-refractivity contribution in [1.29, 1.82) is 0 Å². The average molecular weight is 253 g/mol. The molecule has 0 saturated heterocycles. The smallest absolute Gasteiger partial charge is 0.0487 e. The Morgan fingerprint density at radius 2 is 2.11 bits per heavy atom. The molecule has 0 fully saturated rings. The van der Waals surface area contributed by atoms with Gasteiger partial charge in [0.2, 0.25) is 0 Å². The molecule has 0 saturated carbocycles. The highest BCUT2D eigenvalue weighted by atomic mass is 15.2. The summed E-state index contributed by atoms with van der Waals surface area (Å²) in [7, 11) is 0. The third-order valence-electron chi connectivity index (χ3n) is 3.62. The monoisotopic (exact) mass is 253 g/mol. The van der Waals surface area contributed by atoms with Gasteiger partial charge in [-0.1, -0.05) is 25.1 Å². The van der Waals surface area contributed by atoms with Crippen LogP contribution < -0.4 is 10.2 Å². The normalized spacial score (nSPS) is 13.6. The molecule has 0 spiro atoms. The Bertz CT molecular complexity index is 565. The average Bonchev–Trinajstić information content (AvgIpc) is 2.89. The summed E-state index contributed by atoms with van der Waals surface area (Å²) in [5.41, 5.74) is 5.32. The maximum atomic E-state index is 4.26. The van der Waals surface area contributed by atoms with E-state index in [1.54, 1.807) is 0 Å². The third kappa shape index (κ3) is 2.34. The number of para-hydroxylation sites is 1. The first-order valence-corrected chi connectivity index (χ1v) is 6.89. The van der Waals surface area contributed by atoms with Gasteiger partial charge < -0.3 is 10.2 Å². The van der Waals surface area contributed by atoms with Crippen LogP contribution in [0.25, 0.3) is 0 Å². The number of aromatic nitrogens is 1. The second-order valence-corrected chi connectivity index (χ2v) is 4.82. The van der Waals surface area contributed by atoms with Crippen molar-refractivity contribution in [2.45, 2.75) is 19.9 Å². The zero-order chi connectivity index (χ0) is 13.1. The molecule has 0 bridgehead atoms. The molecule has 0 radical (unpaired) electrons. The molecule has 3 nitrogen and oxygen atoms in total. The van der Waals surface area contributed by atoms with Crippen molar-refractivity contribution >= 4 is 11.4 Å². The molecule has 1 N–H and O–H groups in total. The molecule has 1 aromatic heterocycles. The molecule has 98 valence electrons. The Morgan fingerprint density at radius 1 is 1.21 bits per heavy atom. The number of pyridine rings is 1. The second kappa shape index (κ2) is 5.41. The molecular weight excluding hydrogens is 234 g/mol. The van der Waals surface area contributed by atoms with E-state index in [-0.39, 0.29) is 0 Å². The van der Waals surface area contributed by atoms with Gasteiger partial charge in [0.15, 0.2) is 0 Å². The van der Waals surface area contributed by atoms with Crippen LogP contribution in [0.1, 0.15) is 18.1 Å². The van der Waals surface area contributed by atoms with Crippen LogP contribution in [0.4, 0.5) is 11.4 Å². The lowest BCUT2D eigenvalue weighted by Gasteiger charge is -2.22. The fourth-order valence-corrected chi connectivity index (χ4v) is 2.67. The molecule has 1 aromatic carbocycles. The molecule has 19 heavy (non-hydrogen) atoms. The van der Waals surface area contributed by atoms with Gasteiger partial charge in [0.1, 0.15) is 0 Å². The maximum absolute atomic E-state index is 4.26. The fraction of sp³-hybridized carbons (Fsp3) is 0.312. The molecule has 0 unspecified atom stereocenters. The number of nitrogens with one attached hydrogen (secondary N) is 1. The van der Waals surface area contributed by atoms with Gasteiger partial charge in [-0.15, -0.1) is 0 Å². The molecule has 1 aliphatic heterocycles. The summed E-state index contributed by atoms with van der Waals surface area (Å²) < 4.78 is 0. The summed E-state index contributed by atoms with van der Waals surface area (Å²) in [4.78, 5) is 6.67. The van der Waals surface area contributed by atoms with Crippen LogP contribution in [-0.4, -0.2) is 18.1 Å². The van der Waals surface area contributed by atoms with Gasteiger partial charge in [-0.25, -0.2) is 0 Å². The zero-order valence-corrected chi connectivity index (χ0v) is 11.3. The third-order valence-corrected chi connectivity index (χ3v) is 3.62. The van der Waals surface area contributed by atoms with Crippen LogP contribution in [0.2, 0.25) is 0 Å². The van der Waals surface area contributed by atoms with E-state index in [0.29, 0.717) is 0 Å². The number of nitrogens with zero attached hydrogens (tertiary/aromatic N) is 2. The Labute approximate surface area is 114 Å². The van der Waals surface area contributed by atoms with E-state index < -0.39 is 0 Å². The minimum Gasteiger partial charge on any atom is -0.341 e. The van der Waals surface area contributed by atoms with E-state index in [1.165, 1.54) is 22.5 Å². The van der Waals surface area contributed by atoms with E-state index in [1.807, 2.05) is 12.4 Å². The Hall–Kier alpha value is -1.87. The summed E-state index contributed by atoms with van der Waals surface area (Å²) in [6, 6.07) is 10.8. The predicted molar refractivity (Wildman–Crippen MR) is 78.8 cm³/mol. The van der Waals surface area contributed by atoms with Gasteiger partial charge in [0, 0.05) is 42.4 Å². The highest BCUT2D eigenvalue weighted by molar-refractivity contribution is 5.71. The van der Waals surface area contributed by atoms with Crippen molar-refractivity contribution in [2.24, 2.45) is 0 Å². The molecule has 2 aromatic rings. The van der Waals surface area contributed by atoms with Crippen LogP contribution in [0.15, 0.2) is 42.7 Å². The molecule has 0 aliphatic carbocycles. The first-order valence-electron chi connectivity index (χ1n) is 6.89. The van der Waals surface area contributed by atoms with Crippen LogP contribution in [-0.2, 0) is 13.0 Å². The zero-order valence-electron chi connectivity index (χ0n) is 11.3. The number of hydrogen-bond acceptors (Lipinski definition) is 3. The predicted octanol–water partition coefficient (Wildman–Crippen LogP) is 2.89. The standard InChI is InChI=1S/C16H19N3/c1-2-17-11-14-12-18-9-7-16(14)19-10-8-13-5-3-4-6-15(13)19/h3-7,9,12,17H,2,8,10-11H2,1H3. The minimum atomic E-state index is 0.873. The lowest BCUT2D eigenvalue weighted by Crippen LogP contribution is -2.19. The number of fused-ring (bicyclic) bond motifs is 1. The van der Waals surface area contributed by atoms with Crippen LogP contribution >= 0.6 is 0 Å². The molecule has 0 amide bonds. The van der Waals surface area contributed by atoms with Gasteiger partial charge in [-0.3, -0.25) is 4.98 Å². The summed E-state index contributed by atoms with van der Waals surface area (Å²) in [6.07, 6.45) is 4.98. The van der Waals surface area contributed by atoms with E-state index in [2.05, 4.69) is 52.5 Å². The first-order chi connectivity index (χ1) is 9.40. The molecule has 2 heterocycles. The number of hydrogen-bond donors (Lipinski definition) is 1. The molecular formula is C16H19N3. The van der Waals surface area contributed by atoms with Gasteiger partial charge in [0.05, 0.1) is 0 Å². The quantitative estimate of drug-likeness (QED) is 0.908. The van der Waals surface area contributed by atoms with Crippen LogP contribution in [0, 0.1) is 0 Å².